The number of hydrogen-bond acceptors (Lipinski definition) is 1. The van der Waals surface area contributed by atoms with Gasteiger partial charge >= 0.3 is 5.97 Å². The van der Waals surface area contributed by atoms with Crippen LogP contribution in [0.3, 0.4) is 0 Å². The normalized spacial score (nSPS) is 25.7. The molecular weight excluding hydrogens is 152 g/mol. The topological polar surface area (TPSA) is 37.3 Å². The molecule has 0 aliphatic heterocycles. The van der Waals surface area contributed by atoms with E-state index in [0.717, 1.165) is 24.8 Å². The number of allylic oxidation sites excluding steroid dienone is 1. The van der Waals surface area contributed by atoms with Gasteiger partial charge in [0.1, 0.15) is 0 Å². The first kappa shape index (κ1) is 9.30. The molecule has 0 spiro atoms. The third-order valence-electron chi connectivity index (χ3n) is 2.38. The maximum atomic E-state index is 10.4. The second-order valence-electron chi connectivity index (χ2n) is 4.34. The second kappa shape index (κ2) is 3.30. The summed E-state index contributed by atoms with van der Waals surface area (Å²) in [5, 5.41) is 8.56. The highest BCUT2D eigenvalue weighted by atomic mass is 16.4. The Labute approximate surface area is 73.3 Å². The Morgan fingerprint density at radius 3 is 2.75 bits per heavy atom. The molecule has 0 radical (unpaired) electrons. The van der Waals surface area contributed by atoms with Gasteiger partial charge in [-0.1, -0.05) is 19.4 Å². The van der Waals surface area contributed by atoms with Gasteiger partial charge in [-0.05, 0) is 31.1 Å². The van der Waals surface area contributed by atoms with Crippen molar-refractivity contribution in [3.63, 3.8) is 0 Å². The van der Waals surface area contributed by atoms with Crippen LogP contribution in [0.4, 0.5) is 0 Å². The first-order chi connectivity index (χ1) is 5.49. The first-order valence-electron chi connectivity index (χ1n) is 4.42. The fourth-order valence-corrected chi connectivity index (χ4v) is 1.88. The number of hydrogen-bond donors (Lipinski definition) is 1. The molecule has 1 rings (SSSR count). The van der Waals surface area contributed by atoms with Crippen molar-refractivity contribution in [3.8, 4) is 0 Å². The molecule has 0 saturated heterocycles. The van der Waals surface area contributed by atoms with Crippen LogP contribution >= 0.6 is 0 Å². The Morgan fingerprint density at radius 1 is 1.58 bits per heavy atom. The molecule has 12 heavy (non-hydrogen) atoms. The van der Waals surface area contributed by atoms with Crippen molar-refractivity contribution in [2.75, 3.05) is 0 Å². The van der Waals surface area contributed by atoms with Crippen LogP contribution in [0.25, 0.3) is 0 Å². The zero-order valence-corrected chi connectivity index (χ0v) is 7.76. The van der Waals surface area contributed by atoms with Crippen molar-refractivity contribution in [3.05, 3.63) is 11.6 Å². The van der Waals surface area contributed by atoms with Crippen molar-refractivity contribution >= 4 is 5.97 Å². The fraction of sp³-hybridized carbons (Fsp3) is 0.700. The molecule has 0 unspecified atom stereocenters. The van der Waals surface area contributed by atoms with E-state index in [9.17, 15) is 4.79 Å². The van der Waals surface area contributed by atoms with Crippen LogP contribution in [0.1, 0.15) is 39.5 Å². The van der Waals surface area contributed by atoms with Crippen LogP contribution in [0.15, 0.2) is 11.6 Å². The molecular formula is C10H16O2. The lowest BCUT2D eigenvalue weighted by Gasteiger charge is -2.30. The van der Waals surface area contributed by atoms with E-state index in [0.29, 0.717) is 5.41 Å². The molecule has 1 aliphatic carbocycles. The fourth-order valence-electron chi connectivity index (χ4n) is 1.88. The minimum atomic E-state index is -0.803. The van der Waals surface area contributed by atoms with Gasteiger partial charge in [-0.3, -0.25) is 0 Å². The molecule has 1 saturated carbocycles. The number of carboxylic acid groups (broad SMARTS) is 1. The van der Waals surface area contributed by atoms with Gasteiger partial charge in [-0.15, -0.1) is 0 Å². The number of rotatable bonds is 1. The van der Waals surface area contributed by atoms with Gasteiger partial charge in [-0.25, -0.2) is 4.79 Å². The summed E-state index contributed by atoms with van der Waals surface area (Å²) >= 11 is 0. The molecule has 1 aliphatic rings. The Morgan fingerprint density at radius 2 is 2.25 bits per heavy atom. The van der Waals surface area contributed by atoms with E-state index in [-0.39, 0.29) is 0 Å². The van der Waals surface area contributed by atoms with Gasteiger partial charge in [0.05, 0.1) is 0 Å². The maximum absolute atomic E-state index is 10.4. The molecule has 1 N–H and O–H groups in total. The van der Waals surface area contributed by atoms with Crippen molar-refractivity contribution in [1.82, 2.24) is 0 Å². The minimum Gasteiger partial charge on any atom is -0.478 e. The van der Waals surface area contributed by atoms with Gasteiger partial charge < -0.3 is 5.11 Å². The predicted molar refractivity (Wildman–Crippen MR) is 48.0 cm³/mol. The summed E-state index contributed by atoms with van der Waals surface area (Å²) in [4.78, 5) is 10.4. The number of carbonyl (C=O) groups is 1. The summed E-state index contributed by atoms with van der Waals surface area (Å²) in [5.74, 6) is -0.803. The van der Waals surface area contributed by atoms with Crippen molar-refractivity contribution in [2.24, 2.45) is 5.41 Å². The van der Waals surface area contributed by atoms with E-state index in [1.165, 1.54) is 12.5 Å². The van der Waals surface area contributed by atoms with E-state index >= 15 is 0 Å². The standard InChI is InChI=1S/C10H16O2/c1-10(2)5-3-4-8(7-10)6-9(11)12/h6H,3-5,7H2,1-2H3,(H,11,12). The van der Waals surface area contributed by atoms with Crippen LogP contribution in [-0.4, -0.2) is 11.1 Å². The highest BCUT2D eigenvalue weighted by Gasteiger charge is 2.24. The summed E-state index contributed by atoms with van der Waals surface area (Å²) in [6.07, 6.45) is 5.63. The molecule has 1 fully saturated rings. The predicted octanol–water partition coefficient (Wildman–Crippen LogP) is 2.60. The highest BCUT2D eigenvalue weighted by molar-refractivity contribution is 5.80. The van der Waals surface area contributed by atoms with Crippen LogP contribution in [-0.2, 0) is 4.79 Å². The van der Waals surface area contributed by atoms with Gasteiger partial charge in [0.2, 0.25) is 0 Å². The van der Waals surface area contributed by atoms with E-state index in [2.05, 4.69) is 13.8 Å². The van der Waals surface area contributed by atoms with E-state index in [4.69, 9.17) is 5.11 Å². The van der Waals surface area contributed by atoms with Crippen molar-refractivity contribution < 1.29 is 9.90 Å². The van der Waals surface area contributed by atoms with Gasteiger partial charge in [-0.2, -0.15) is 0 Å². The van der Waals surface area contributed by atoms with E-state index in [1.54, 1.807) is 0 Å². The first-order valence-corrected chi connectivity index (χ1v) is 4.42. The van der Waals surface area contributed by atoms with Gasteiger partial charge in [0.15, 0.2) is 0 Å². The molecule has 0 aromatic heterocycles. The summed E-state index contributed by atoms with van der Waals surface area (Å²) in [7, 11) is 0. The molecule has 0 aromatic rings. The third kappa shape index (κ3) is 2.68. The Kier molecular flexibility index (Phi) is 2.55. The quantitative estimate of drug-likeness (QED) is 0.611. The van der Waals surface area contributed by atoms with Crippen LogP contribution in [0.5, 0.6) is 0 Å². The molecule has 68 valence electrons. The lowest BCUT2D eigenvalue weighted by molar-refractivity contribution is -0.131. The number of aliphatic carboxylic acids is 1. The van der Waals surface area contributed by atoms with Crippen molar-refractivity contribution in [1.29, 1.82) is 0 Å². The second-order valence-corrected chi connectivity index (χ2v) is 4.34. The van der Waals surface area contributed by atoms with Crippen molar-refractivity contribution in [2.45, 2.75) is 39.5 Å². The molecule has 0 bridgehead atoms. The monoisotopic (exact) mass is 168 g/mol. The third-order valence-corrected chi connectivity index (χ3v) is 2.38. The smallest absolute Gasteiger partial charge is 0.328 e. The lowest BCUT2D eigenvalue weighted by Crippen LogP contribution is -2.17. The molecule has 2 nitrogen and oxygen atoms in total. The zero-order chi connectivity index (χ0) is 9.19. The number of carboxylic acids is 1. The summed E-state index contributed by atoms with van der Waals surface area (Å²) < 4.78 is 0. The molecule has 0 heterocycles. The SMILES string of the molecule is CC1(C)CCCC(=CC(=O)O)C1. The lowest BCUT2D eigenvalue weighted by atomic mass is 9.75. The largest absolute Gasteiger partial charge is 0.478 e. The Hall–Kier alpha value is -0.790. The average molecular weight is 168 g/mol. The van der Waals surface area contributed by atoms with Crippen LogP contribution in [0.2, 0.25) is 0 Å². The van der Waals surface area contributed by atoms with E-state index < -0.39 is 5.97 Å². The Bertz CT molecular complexity index is 214. The summed E-state index contributed by atoms with van der Waals surface area (Å²) in [6, 6.07) is 0. The van der Waals surface area contributed by atoms with Gasteiger partial charge in [0.25, 0.3) is 0 Å². The zero-order valence-electron chi connectivity index (χ0n) is 7.76. The average Bonchev–Trinajstić information content (AvgIpc) is 1.82. The molecule has 2 heteroatoms. The highest BCUT2D eigenvalue weighted by Crippen LogP contribution is 2.37. The maximum Gasteiger partial charge on any atom is 0.328 e. The summed E-state index contributed by atoms with van der Waals surface area (Å²) in [5.41, 5.74) is 1.40. The molecule has 0 amide bonds. The van der Waals surface area contributed by atoms with Gasteiger partial charge in [0, 0.05) is 6.08 Å². The Balaban J connectivity index is 2.64. The molecule has 0 atom stereocenters. The van der Waals surface area contributed by atoms with Crippen LogP contribution in [0, 0.1) is 5.41 Å². The molecule has 0 aromatic carbocycles. The minimum absolute atomic E-state index is 0.305. The van der Waals surface area contributed by atoms with Crippen LogP contribution < -0.4 is 0 Å². The van der Waals surface area contributed by atoms with E-state index in [1.807, 2.05) is 0 Å². The summed E-state index contributed by atoms with van der Waals surface area (Å²) in [6.45, 7) is 4.39.